The Morgan fingerprint density at radius 3 is 0.603 bits per heavy atom. The van der Waals surface area contributed by atoms with Crippen LogP contribution in [0.1, 0.15) is 58.2 Å². The van der Waals surface area contributed by atoms with Gasteiger partial charge in [-0.25, -0.2) is 9.59 Å². The summed E-state index contributed by atoms with van der Waals surface area (Å²) >= 11 is 3.35. The first-order valence-corrected chi connectivity index (χ1v) is 44.4. The summed E-state index contributed by atoms with van der Waals surface area (Å²) in [5, 5.41) is 46.4. The maximum absolute atomic E-state index is 11.8. The van der Waals surface area contributed by atoms with E-state index in [1.54, 1.807) is 45.0 Å². The summed E-state index contributed by atoms with van der Waals surface area (Å²) in [7, 11) is -1.78. The van der Waals surface area contributed by atoms with E-state index in [0.717, 1.165) is 10.0 Å². The molecule has 2 heterocycles. The number of amides is 2. The number of benzene rings is 14. The van der Waals surface area contributed by atoms with Crippen LogP contribution in [0.2, 0.25) is 0 Å². The van der Waals surface area contributed by atoms with Crippen molar-refractivity contribution < 1.29 is 49.7 Å². The molecule has 0 saturated carbocycles. The summed E-state index contributed by atoms with van der Waals surface area (Å²) < 4.78 is 11.5. The first-order chi connectivity index (χ1) is 55.7. The van der Waals surface area contributed by atoms with E-state index >= 15 is 0 Å². The molecule has 14 aromatic carbocycles. The molecule has 15 heteroatoms. The number of aliphatic hydroxyl groups is 2. The molecule has 2 aliphatic heterocycles. The number of β-amino-alcohol motifs (C(OH)–C–C–N with tert-alkyl or cyclic N) is 2. The number of halogens is 1. The molecule has 588 valence electrons. The molecule has 0 bridgehead atoms. The molecular weight excluding hydrogens is 1660 g/mol. The molecule has 2 saturated heterocycles. The van der Waals surface area contributed by atoms with Crippen LogP contribution in [0, 0.1) is 11.3 Å². The Bertz CT molecular complexity index is 4390. The van der Waals surface area contributed by atoms with Crippen molar-refractivity contribution in [3.05, 3.63) is 434 Å². The summed E-state index contributed by atoms with van der Waals surface area (Å²) in [5.41, 5.74) is -1.00. The molecule has 0 aliphatic carbocycles. The molecule has 9 nitrogen and oxygen atoms in total. The summed E-state index contributed by atoms with van der Waals surface area (Å²) in [6, 6.07) is 146. The number of rotatable bonds is 14. The van der Waals surface area contributed by atoms with Gasteiger partial charge in [0, 0.05) is 24.9 Å². The van der Waals surface area contributed by atoms with Gasteiger partial charge in [-0.1, -0.05) is 404 Å². The monoisotopic (exact) mass is 1760 g/mol. The minimum atomic E-state index is -1.05. The van der Waals surface area contributed by atoms with Gasteiger partial charge in [-0.05, 0) is 172 Å². The molecule has 116 heavy (non-hydrogen) atoms. The fourth-order valence-electron chi connectivity index (χ4n) is 12.8. The van der Waals surface area contributed by atoms with Crippen molar-refractivity contribution in [2.45, 2.75) is 63.9 Å². The minimum Gasteiger partial charge on any atom is -0.444 e. The molecule has 2 fully saturated rings. The SMILES string of the molecule is CC(C)(C)OC(=O)N1CC(O)(c2ccc(Br)cc2)C1.CC(C)(C)OC(=O)N1CC(O)(c2ccc(C#N)cc2)C1.[Pd].c1ccc(P(c2ccccc2)c2ccccc2)cc1.c1ccc(P(c2ccccc2)c2ccccc2)cc1.c1ccc(P(c2ccccc2)c2ccccc2)cc1.c1ccc(P(c2ccccc2)c2ccccc2)cc1. The van der Waals surface area contributed by atoms with Gasteiger partial charge in [0.2, 0.25) is 0 Å². The van der Waals surface area contributed by atoms with E-state index in [-0.39, 0.29) is 52.7 Å². The number of hydrogen-bond acceptors (Lipinski definition) is 7. The van der Waals surface area contributed by atoms with E-state index in [2.05, 4.69) is 380 Å². The predicted molar refractivity (Wildman–Crippen MR) is 489 cm³/mol. The summed E-state index contributed by atoms with van der Waals surface area (Å²) in [4.78, 5) is 26.6. The van der Waals surface area contributed by atoms with E-state index < -0.39 is 60.2 Å². The van der Waals surface area contributed by atoms with Gasteiger partial charge < -0.3 is 29.5 Å². The molecule has 0 radical (unpaired) electrons. The standard InChI is InChI=1S/4C18H15P.C15H18N2O3.C14H18BrNO3.Pd/c4*1-4-10-16(11-5-1)19(17-12-6-2-7-13-17)18-14-8-3-9-15-18;1-14(2,3)20-13(18)17-9-15(19,10-17)12-6-4-11(8-16)5-7-12;1-13(2,3)19-12(17)16-8-14(18,9-16)10-4-6-11(15)7-5-10;/h4*1-15H;4-7,19H,9-10H2,1-3H3;4-7,18H,8-9H2,1-3H3;. The second-order valence-electron chi connectivity index (χ2n) is 29.3. The van der Waals surface area contributed by atoms with E-state index in [1.165, 1.54) is 73.5 Å². The van der Waals surface area contributed by atoms with E-state index in [1.807, 2.05) is 51.1 Å². The van der Waals surface area contributed by atoms with Gasteiger partial charge in [-0.15, -0.1) is 0 Å². The Hall–Kier alpha value is -10.1. The first-order valence-electron chi connectivity index (χ1n) is 38.2. The Kier molecular flexibility index (Phi) is 33.3. The number of ether oxygens (including phenoxy) is 2. The second-order valence-corrected chi connectivity index (χ2v) is 39.1. The number of carbonyl (C=O) groups excluding carboxylic acids is 2. The van der Waals surface area contributed by atoms with Crippen LogP contribution in [-0.2, 0) is 41.1 Å². The zero-order valence-electron chi connectivity index (χ0n) is 65.9. The van der Waals surface area contributed by atoms with Crippen LogP contribution in [0.25, 0.3) is 0 Å². The fraction of sp³-hybridized carbons (Fsp3) is 0.139. The smallest absolute Gasteiger partial charge is 0.410 e. The Labute approximate surface area is 712 Å². The van der Waals surface area contributed by atoms with E-state index in [0.29, 0.717) is 11.1 Å². The average Bonchev–Trinajstić information content (AvgIpc) is 0.761. The van der Waals surface area contributed by atoms with Crippen molar-refractivity contribution >= 4 is 123 Å². The molecule has 0 unspecified atom stereocenters. The van der Waals surface area contributed by atoms with Crippen molar-refractivity contribution in [3.8, 4) is 6.07 Å². The number of nitrogens with zero attached hydrogens (tertiary/aromatic N) is 3. The van der Waals surface area contributed by atoms with Gasteiger partial charge in [0.05, 0.1) is 37.8 Å². The minimum absolute atomic E-state index is 0. The van der Waals surface area contributed by atoms with Crippen LogP contribution in [-0.4, -0.2) is 69.6 Å². The van der Waals surface area contributed by atoms with Crippen molar-refractivity contribution in [2.24, 2.45) is 0 Å². The Balaban J connectivity index is 0.000000147. The van der Waals surface area contributed by atoms with Gasteiger partial charge >= 0.3 is 12.2 Å². The normalized spacial score (nSPS) is 12.8. The maximum Gasteiger partial charge on any atom is 0.410 e. The molecular formula is C101H96BrN3O6P4Pd. The quantitative estimate of drug-likeness (QED) is 0.0821. The molecule has 14 aromatic rings. The zero-order chi connectivity index (χ0) is 80.9. The third-order valence-corrected chi connectivity index (χ3v) is 28.5. The van der Waals surface area contributed by atoms with Crippen molar-refractivity contribution in [2.75, 3.05) is 26.2 Å². The number of hydrogen-bond donors (Lipinski definition) is 2. The largest absolute Gasteiger partial charge is 0.444 e. The Morgan fingerprint density at radius 2 is 0.457 bits per heavy atom. The predicted octanol–water partition coefficient (Wildman–Crippen LogP) is 18.7. The van der Waals surface area contributed by atoms with Gasteiger partial charge in [-0.3, -0.25) is 0 Å². The molecule has 2 aliphatic rings. The Morgan fingerprint density at radius 1 is 0.302 bits per heavy atom. The third-order valence-electron chi connectivity index (χ3n) is 18.2. The molecule has 0 aromatic heterocycles. The van der Waals surface area contributed by atoms with Crippen LogP contribution < -0.4 is 63.7 Å². The second kappa shape index (κ2) is 43.7. The summed E-state index contributed by atoms with van der Waals surface area (Å²) in [6.45, 7) is 11.8. The van der Waals surface area contributed by atoms with Gasteiger partial charge in [0.15, 0.2) is 0 Å². The van der Waals surface area contributed by atoms with Crippen molar-refractivity contribution in [1.29, 1.82) is 5.26 Å². The van der Waals surface area contributed by atoms with Crippen molar-refractivity contribution in [3.63, 3.8) is 0 Å². The van der Waals surface area contributed by atoms with Gasteiger partial charge in [0.25, 0.3) is 0 Å². The molecule has 16 rings (SSSR count). The van der Waals surface area contributed by atoms with Crippen LogP contribution in [0.4, 0.5) is 9.59 Å². The number of carbonyl (C=O) groups is 2. The fourth-order valence-corrected chi connectivity index (χ4v) is 22.3. The van der Waals surface area contributed by atoms with Gasteiger partial charge in [0.1, 0.15) is 22.4 Å². The molecule has 0 atom stereocenters. The van der Waals surface area contributed by atoms with Crippen LogP contribution in [0.3, 0.4) is 0 Å². The van der Waals surface area contributed by atoms with Crippen LogP contribution >= 0.6 is 47.6 Å². The molecule has 0 spiro atoms. The topological polar surface area (TPSA) is 123 Å². The number of likely N-dealkylation sites (tertiary alicyclic amines) is 2. The molecule has 2 amide bonds. The van der Waals surface area contributed by atoms with Crippen molar-refractivity contribution in [1.82, 2.24) is 9.80 Å². The average molecular weight is 1760 g/mol. The van der Waals surface area contributed by atoms with Crippen LogP contribution in [0.15, 0.2) is 417 Å². The van der Waals surface area contributed by atoms with Gasteiger partial charge in [-0.2, -0.15) is 5.26 Å². The summed E-state index contributed by atoms with van der Waals surface area (Å²) in [5.74, 6) is 0. The van der Waals surface area contributed by atoms with E-state index in [9.17, 15) is 19.8 Å². The van der Waals surface area contributed by atoms with E-state index in [4.69, 9.17) is 14.7 Å². The first kappa shape index (κ1) is 88.3. The number of nitriles is 1. The summed E-state index contributed by atoms with van der Waals surface area (Å²) in [6.07, 6.45) is -0.801. The zero-order valence-corrected chi connectivity index (χ0v) is 72.7. The molecule has 2 N–H and O–H groups in total. The van der Waals surface area contributed by atoms with Crippen LogP contribution in [0.5, 0.6) is 0 Å². The third kappa shape index (κ3) is 25.9. The maximum atomic E-state index is 11.8.